The van der Waals surface area contributed by atoms with Crippen LogP contribution in [0.15, 0.2) is 91.3 Å². The highest BCUT2D eigenvalue weighted by Gasteiger charge is 2.20. The van der Waals surface area contributed by atoms with Crippen LogP contribution in [-0.2, 0) is 16.1 Å². The number of anilines is 1. The van der Waals surface area contributed by atoms with Gasteiger partial charge in [0.2, 0.25) is 5.91 Å². The zero-order chi connectivity index (χ0) is 23.0. The van der Waals surface area contributed by atoms with Gasteiger partial charge in [-0.05, 0) is 59.8 Å². The van der Waals surface area contributed by atoms with Crippen LogP contribution in [0.3, 0.4) is 0 Å². The summed E-state index contributed by atoms with van der Waals surface area (Å²) in [4.78, 5) is 29.3. The summed E-state index contributed by atoms with van der Waals surface area (Å²) in [6.45, 7) is 0.547. The van der Waals surface area contributed by atoms with E-state index < -0.39 is 0 Å². The Morgan fingerprint density at radius 2 is 1.73 bits per heavy atom. The number of nitrogens with one attached hydrogen (secondary N) is 1. The first-order chi connectivity index (χ1) is 16.1. The average Bonchev–Trinajstić information content (AvgIpc) is 2.86. The lowest BCUT2D eigenvalue weighted by Gasteiger charge is -2.17. The van der Waals surface area contributed by atoms with E-state index in [2.05, 4.69) is 10.3 Å². The molecular weight excluding hydrogens is 414 g/mol. The summed E-state index contributed by atoms with van der Waals surface area (Å²) in [6.07, 6.45) is 4.03. The third-order valence-corrected chi connectivity index (χ3v) is 5.44. The number of rotatable bonds is 8. The van der Waals surface area contributed by atoms with E-state index in [4.69, 9.17) is 10.5 Å². The molecule has 4 aromatic rings. The van der Waals surface area contributed by atoms with E-state index in [0.717, 1.165) is 27.6 Å². The molecule has 1 heterocycles. The van der Waals surface area contributed by atoms with Gasteiger partial charge in [-0.25, -0.2) is 4.79 Å². The van der Waals surface area contributed by atoms with Gasteiger partial charge < -0.3 is 15.8 Å². The van der Waals surface area contributed by atoms with Crippen LogP contribution in [0.5, 0.6) is 0 Å². The number of amides is 1. The number of benzene rings is 3. The van der Waals surface area contributed by atoms with Gasteiger partial charge in [0, 0.05) is 23.5 Å². The topological polar surface area (TPSA) is 94.3 Å². The van der Waals surface area contributed by atoms with Crippen LogP contribution in [0.4, 0.5) is 5.69 Å². The maximum absolute atomic E-state index is 13.0. The van der Waals surface area contributed by atoms with Crippen molar-refractivity contribution >= 4 is 28.3 Å². The molecule has 33 heavy (non-hydrogen) atoms. The van der Waals surface area contributed by atoms with Crippen molar-refractivity contribution in [3.05, 3.63) is 108 Å². The van der Waals surface area contributed by atoms with Gasteiger partial charge in [-0.2, -0.15) is 0 Å². The summed E-state index contributed by atoms with van der Waals surface area (Å²) >= 11 is 0. The van der Waals surface area contributed by atoms with Crippen molar-refractivity contribution in [1.82, 2.24) is 4.98 Å². The largest absolute Gasteiger partial charge is 0.457 e. The molecule has 0 aliphatic rings. The zero-order valence-electron chi connectivity index (χ0n) is 18.1. The summed E-state index contributed by atoms with van der Waals surface area (Å²) in [7, 11) is 0. The van der Waals surface area contributed by atoms with Gasteiger partial charge in [-0.1, -0.05) is 48.5 Å². The Balaban J connectivity index is 1.42. The molecule has 0 fully saturated rings. The first-order valence-corrected chi connectivity index (χ1v) is 10.8. The Labute approximate surface area is 192 Å². The van der Waals surface area contributed by atoms with Gasteiger partial charge in [0.25, 0.3) is 0 Å². The van der Waals surface area contributed by atoms with Crippen LogP contribution in [-0.4, -0.2) is 23.4 Å². The highest BCUT2D eigenvalue weighted by atomic mass is 16.5. The van der Waals surface area contributed by atoms with Crippen LogP contribution >= 0.6 is 0 Å². The molecule has 166 valence electrons. The van der Waals surface area contributed by atoms with Crippen molar-refractivity contribution < 1.29 is 14.3 Å². The number of nitrogens with zero attached hydrogens (tertiary/aromatic N) is 1. The van der Waals surface area contributed by atoms with Crippen LogP contribution in [0.25, 0.3) is 10.8 Å². The molecule has 3 aromatic carbocycles. The van der Waals surface area contributed by atoms with Crippen molar-refractivity contribution in [3.8, 4) is 0 Å². The normalized spacial score (nSPS) is 11.7. The summed E-state index contributed by atoms with van der Waals surface area (Å²) < 4.78 is 5.38. The molecule has 1 atom stereocenters. The van der Waals surface area contributed by atoms with Crippen LogP contribution in [0.2, 0.25) is 0 Å². The maximum atomic E-state index is 13.0. The number of fused-ring (bicyclic) bond motifs is 1. The molecule has 0 bridgehead atoms. The van der Waals surface area contributed by atoms with Gasteiger partial charge in [-0.3, -0.25) is 9.78 Å². The number of carbonyl (C=O) groups excluding carboxylic acids is 2. The summed E-state index contributed by atoms with van der Waals surface area (Å²) in [5, 5.41) is 5.02. The van der Waals surface area contributed by atoms with Gasteiger partial charge in [0.15, 0.2) is 0 Å². The predicted octanol–water partition coefficient (Wildman–Crippen LogP) is 4.66. The minimum Gasteiger partial charge on any atom is -0.457 e. The quantitative estimate of drug-likeness (QED) is 0.389. The maximum Gasteiger partial charge on any atom is 0.338 e. The van der Waals surface area contributed by atoms with Crippen molar-refractivity contribution in [3.63, 3.8) is 0 Å². The molecule has 0 aliphatic heterocycles. The minimum atomic E-state index is -0.385. The Morgan fingerprint density at radius 3 is 2.48 bits per heavy atom. The summed E-state index contributed by atoms with van der Waals surface area (Å²) in [6, 6.07) is 24.0. The monoisotopic (exact) mass is 439 g/mol. The smallest absolute Gasteiger partial charge is 0.338 e. The second kappa shape index (κ2) is 10.5. The molecule has 0 aliphatic carbocycles. The Kier molecular flexibility index (Phi) is 7.07. The Morgan fingerprint density at radius 1 is 0.939 bits per heavy atom. The average molecular weight is 440 g/mol. The number of aromatic nitrogens is 1. The molecule has 1 unspecified atom stereocenters. The third-order valence-electron chi connectivity index (χ3n) is 5.44. The van der Waals surface area contributed by atoms with Gasteiger partial charge in [0.05, 0.1) is 11.5 Å². The standard InChI is InChI=1S/C27H25N3O3/c28-14-12-25(26(31)30-24-11-10-23-17-29-15-13-22(23)16-24)20-8-6-19(7-9-20)18-33-27(32)21-4-2-1-3-5-21/h1-11,13,15-17,25H,12,14,18,28H2,(H,30,31). The minimum absolute atomic E-state index is 0.114. The van der Waals surface area contributed by atoms with E-state index >= 15 is 0 Å². The van der Waals surface area contributed by atoms with Gasteiger partial charge >= 0.3 is 5.97 Å². The summed E-state index contributed by atoms with van der Waals surface area (Å²) in [5.74, 6) is -0.868. The molecule has 0 spiro atoms. The predicted molar refractivity (Wildman–Crippen MR) is 129 cm³/mol. The van der Waals surface area contributed by atoms with Crippen LogP contribution in [0.1, 0.15) is 33.8 Å². The van der Waals surface area contributed by atoms with E-state index in [1.807, 2.05) is 54.6 Å². The second-order valence-electron chi connectivity index (χ2n) is 7.74. The third kappa shape index (κ3) is 5.61. The number of carbonyl (C=O) groups is 2. The first-order valence-electron chi connectivity index (χ1n) is 10.8. The molecule has 0 radical (unpaired) electrons. The molecule has 0 saturated carbocycles. The van der Waals surface area contributed by atoms with Crippen LogP contribution < -0.4 is 11.1 Å². The lowest BCUT2D eigenvalue weighted by atomic mass is 9.94. The van der Waals surface area contributed by atoms with Crippen molar-refractivity contribution in [1.29, 1.82) is 0 Å². The van der Waals surface area contributed by atoms with Crippen molar-refractivity contribution in [2.24, 2.45) is 5.73 Å². The molecule has 0 saturated heterocycles. The molecule has 6 nitrogen and oxygen atoms in total. The highest BCUT2D eigenvalue weighted by molar-refractivity contribution is 5.98. The lowest BCUT2D eigenvalue weighted by Crippen LogP contribution is -2.23. The van der Waals surface area contributed by atoms with Crippen molar-refractivity contribution in [2.45, 2.75) is 18.9 Å². The summed E-state index contributed by atoms with van der Waals surface area (Å²) in [5.41, 5.74) is 8.74. The van der Waals surface area contributed by atoms with Gasteiger partial charge in [-0.15, -0.1) is 0 Å². The number of nitrogens with two attached hydrogens (primary N) is 1. The van der Waals surface area contributed by atoms with E-state index in [-0.39, 0.29) is 24.4 Å². The first kappa shape index (κ1) is 22.2. The zero-order valence-corrected chi connectivity index (χ0v) is 18.1. The number of hydrogen-bond donors (Lipinski definition) is 2. The van der Waals surface area contributed by atoms with E-state index in [0.29, 0.717) is 18.5 Å². The fourth-order valence-electron chi connectivity index (χ4n) is 3.66. The fourth-order valence-corrected chi connectivity index (χ4v) is 3.66. The Bertz CT molecular complexity index is 1240. The number of esters is 1. The SMILES string of the molecule is NCCC(C(=O)Nc1ccc2cnccc2c1)c1ccc(COC(=O)c2ccccc2)cc1. The highest BCUT2D eigenvalue weighted by Crippen LogP contribution is 2.24. The Hall–Kier alpha value is -4.03. The molecule has 1 amide bonds. The molecule has 3 N–H and O–H groups in total. The molecule has 6 heteroatoms. The molecular formula is C27H25N3O3. The van der Waals surface area contributed by atoms with Crippen molar-refractivity contribution in [2.75, 3.05) is 11.9 Å². The number of hydrogen-bond acceptors (Lipinski definition) is 5. The van der Waals surface area contributed by atoms with E-state index in [9.17, 15) is 9.59 Å². The fraction of sp³-hybridized carbons (Fsp3) is 0.148. The lowest BCUT2D eigenvalue weighted by molar-refractivity contribution is -0.117. The van der Waals surface area contributed by atoms with Gasteiger partial charge in [0.1, 0.15) is 6.61 Å². The number of ether oxygens (including phenoxy) is 1. The number of pyridine rings is 1. The van der Waals surface area contributed by atoms with E-state index in [1.54, 1.807) is 36.7 Å². The molecule has 1 aromatic heterocycles. The van der Waals surface area contributed by atoms with E-state index in [1.165, 1.54) is 0 Å². The second-order valence-corrected chi connectivity index (χ2v) is 7.74. The molecule has 4 rings (SSSR count). The van der Waals surface area contributed by atoms with Crippen LogP contribution in [0, 0.1) is 0 Å².